The lowest BCUT2D eigenvalue weighted by Crippen LogP contribution is -2.67. The Kier molecular flexibility index (Phi) is 6.80. The third-order valence-electron chi connectivity index (χ3n) is 7.44. The van der Waals surface area contributed by atoms with E-state index in [0.717, 1.165) is 5.39 Å². The second-order valence-corrected chi connectivity index (χ2v) is 12.1. The van der Waals surface area contributed by atoms with Crippen molar-refractivity contribution in [1.29, 1.82) is 0 Å². The lowest BCUT2D eigenvalue weighted by atomic mass is 9.88. The Hall–Kier alpha value is -3.61. The molecule has 7 nitrogen and oxygen atoms in total. The SMILES string of the molecule is CC(C)C[C@@H]1C(=O)N[C@H](C2Cc3ccccc3C2)C(=O)N1[C@@H](C(=O)NC(C)(C)C)c1cc2ccccc2o1. The Morgan fingerprint density at radius 3 is 2.29 bits per heavy atom. The Bertz CT molecular complexity index is 1310. The van der Waals surface area contributed by atoms with Gasteiger partial charge in [-0.25, -0.2) is 0 Å². The molecule has 7 heteroatoms. The number of hydrogen-bond acceptors (Lipinski definition) is 4. The van der Waals surface area contributed by atoms with Crippen molar-refractivity contribution in [2.45, 2.75) is 77.5 Å². The second-order valence-electron chi connectivity index (χ2n) is 12.1. The zero-order valence-corrected chi connectivity index (χ0v) is 22.8. The maximum Gasteiger partial charge on any atom is 0.251 e. The molecule has 0 spiro atoms. The summed E-state index contributed by atoms with van der Waals surface area (Å²) in [6.07, 6.45) is 1.85. The van der Waals surface area contributed by atoms with Crippen LogP contribution in [0.2, 0.25) is 0 Å². The molecule has 1 aromatic heterocycles. The molecule has 38 heavy (non-hydrogen) atoms. The first kappa shape index (κ1) is 26.0. The van der Waals surface area contributed by atoms with Crippen molar-refractivity contribution in [1.82, 2.24) is 15.5 Å². The molecule has 0 unspecified atom stereocenters. The van der Waals surface area contributed by atoms with Crippen molar-refractivity contribution in [3.05, 3.63) is 71.5 Å². The third-order valence-corrected chi connectivity index (χ3v) is 7.44. The number of benzene rings is 2. The van der Waals surface area contributed by atoms with E-state index in [1.54, 1.807) is 0 Å². The number of carbonyl (C=O) groups is 3. The Balaban J connectivity index is 1.58. The largest absolute Gasteiger partial charge is 0.458 e. The van der Waals surface area contributed by atoms with Crippen LogP contribution >= 0.6 is 0 Å². The standard InChI is InChI=1S/C31H37N3O4/c1-18(2)14-23-28(35)32-26(22-15-19-10-6-7-11-20(19)16-22)30(37)34(23)27(29(36)33-31(3,4)5)25-17-21-12-8-9-13-24(21)38-25/h6-13,17-18,22-23,26-27H,14-16H2,1-5H3,(H,32,35)(H,33,36)/t23-,26-,27-/m1/s1. The highest BCUT2D eigenvalue weighted by atomic mass is 16.3. The molecule has 3 atom stereocenters. The van der Waals surface area contributed by atoms with Gasteiger partial charge in [0.25, 0.3) is 5.91 Å². The predicted octanol–water partition coefficient (Wildman–Crippen LogP) is 4.55. The van der Waals surface area contributed by atoms with Gasteiger partial charge in [-0.05, 0) is 75.1 Å². The summed E-state index contributed by atoms with van der Waals surface area (Å²) in [4.78, 5) is 43.5. The van der Waals surface area contributed by atoms with Crippen molar-refractivity contribution in [3.8, 4) is 0 Å². The molecular formula is C31H37N3O4. The van der Waals surface area contributed by atoms with Gasteiger partial charge in [-0.15, -0.1) is 0 Å². The average Bonchev–Trinajstić information content (AvgIpc) is 3.45. The fraction of sp³-hybridized carbons (Fsp3) is 0.452. The summed E-state index contributed by atoms with van der Waals surface area (Å²) < 4.78 is 6.18. The van der Waals surface area contributed by atoms with Crippen molar-refractivity contribution in [2.24, 2.45) is 11.8 Å². The molecule has 1 aliphatic carbocycles. The minimum Gasteiger partial charge on any atom is -0.458 e. The molecular weight excluding hydrogens is 478 g/mol. The number of carbonyl (C=O) groups excluding carboxylic acids is 3. The molecule has 2 heterocycles. The molecule has 2 N–H and O–H groups in total. The molecule has 200 valence electrons. The zero-order chi connectivity index (χ0) is 27.2. The number of nitrogens with one attached hydrogen (secondary N) is 2. The van der Waals surface area contributed by atoms with Crippen LogP contribution in [0.1, 0.15) is 64.0 Å². The van der Waals surface area contributed by atoms with Crippen LogP contribution in [0.3, 0.4) is 0 Å². The van der Waals surface area contributed by atoms with Gasteiger partial charge in [-0.3, -0.25) is 14.4 Å². The van der Waals surface area contributed by atoms with Gasteiger partial charge in [0.2, 0.25) is 11.8 Å². The molecule has 1 saturated heterocycles. The van der Waals surface area contributed by atoms with Crippen LogP contribution in [0.5, 0.6) is 0 Å². The summed E-state index contributed by atoms with van der Waals surface area (Å²) >= 11 is 0. The molecule has 2 aromatic carbocycles. The number of rotatable bonds is 6. The van der Waals surface area contributed by atoms with Crippen LogP contribution in [0.25, 0.3) is 11.0 Å². The first-order chi connectivity index (χ1) is 18.0. The van der Waals surface area contributed by atoms with Crippen molar-refractivity contribution < 1.29 is 18.8 Å². The molecule has 3 aromatic rings. The molecule has 0 radical (unpaired) electrons. The van der Waals surface area contributed by atoms with Crippen LogP contribution < -0.4 is 10.6 Å². The van der Waals surface area contributed by atoms with Crippen LogP contribution in [0.4, 0.5) is 0 Å². The molecule has 0 bridgehead atoms. The smallest absolute Gasteiger partial charge is 0.251 e. The summed E-state index contributed by atoms with van der Waals surface area (Å²) in [5.74, 6) is -0.393. The molecule has 0 saturated carbocycles. The Labute approximate surface area is 224 Å². The van der Waals surface area contributed by atoms with Crippen molar-refractivity contribution >= 4 is 28.7 Å². The van der Waals surface area contributed by atoms with Crippen LogP contribution in [0.15, 0.2) is 59.0 Å². The van der Waals surface area contributed by atoms with E-state index < -0.39 is 23.7 Å². The molecule has 3 amide bonds. The molecule has 1 fully saturated rings. The van der Waals surface area contributed by atoms with Crippen molar-refractivity contribution in [3.63, 3.8) is 0 Å². The van der Waals surface area contributed by atoms with Gasteiger partial charge >= 0.3 is 0 Å². The predicted molar refractivity (Wildman–Crippen MR) is 146 cm³/mol. The van der Waals surface area contributed by atoms with E-state index in [-0.39, 0.29) is 29.6 Å². The molecule has 1 aliphatic heterocycles. The fourth-order valence-corrected chi connectivity index (χ4v) is 5.84. The minimum atomic E-state index is -1.07. The summed E-state index contributed by atoms with van der Waals surface area (Å²) in [6, 6.07) is 14.9. The van der Waals surface area contributed by atoms with Crippen LogP contribution in [-0.4, -0.2) is 40.2 Å². The highest BCUT2D eigenvalue weighted by Gasteiger charge is 2.50. The number of furan rings is 1. The summed E-state index contributed by atoms with van der Waals surface area (Å²) in [7, 11) is 0. The zero-order valence-electron chi connectivity index (χ0n) is 22.8. The van der Waals surface area contributed by atoms with Gasteiger partial charge in [-0.1, -0.05) is 56.3 Å². The maximum atomic E-state index is 14.4. The van der Waals surface area contributed by atoms with Gasteiger partial charge in [-0.2, -0.15) is 0 Å². The number of hydrogen-bond donors (Lipinski definition) is 2. The molecule has 2 aliphatic rings. The van der Waals surface area contributed by atoms with Gasteiger partial charge in [0, 0.05) is 10.9 Å². The quantitative estimate of drug-likeness (QED) is 0.504. The number of piperazine rings is 1. The normalized spacial score (nSPS) is 21.1. The van der Waals surface area contributed by atoms with Gasteiger partial charge in [0.15, 0.2) is 6.04 Å². The third kappa shape index (κ3) is 5.06. The van der Waals surface area contributed by atoms with E-state index in [0.29, 0.717) is 30.6 Å². The van der Waals surface area contributed by atoms with E-state index in [9.17, 15) is 14.4 Å². The van der Waals surface area contributed by atoms with Gasteiger partial charge < -0.3 is 20.0 Å². The monoisotopic (exact) mass is 515 g/mol. The van der Waals surface area contributed by atoms with Crippen LogP contribution in [-0.2, 0) is 27.2 Å². The van der Waals surface area contributed by atoms with E-state index in [2.05, 4.69) is 22.8 Å². The summed E-state index contributed by atoms with van der Waals surface area (Å²) in [6.45, 7) is 9.72. The topological polar surface area (TPSA) is 91.7 Å². The lowest BCUT2D eigenvalue weighted by Gasteiger charge is -2.44. The first-order valence-electron chi connectivity index (χ1n) is 13.5. The first-order valence-corrected chi connectivity index (χ1v) is 13.5. The number of nitrogens with zero attached hydrogens (tertiary/aromatic N) is 1. The van der Waals surface area contributed by atoms with E-state index in [4.69, 9.17) is 4.42 Å². The number of fused-ring (bicyclic) bond motifs is 2. The number of para-hydroxylation sites is 1. The average molecular weight is 516 g/mol. The van der Waals surface area contributed by atoms with E-state index in [1.807, 2.05) is 77.1 Å². The van der Waals surface area contributed by atoms with Crippen molar-refractivity contribution in [2.75, 3.05) is 0 Å². The Morgan fingerprint density at radius 1 is 1.05 bits per heavy atom. The van der Waals surface area contributed by atoms with E-state index in [1.165, 1.54) is 16.0 Å². The minimum absolute atomic E-state index is 0.0756. The fourth-order valence-electron chi connectivity index (χ4n) is 5.84. The highest BCUT2D eigenvalue weighted by molar-refractivity contribution is 6.00. The lowest BCUT2D eigenvalue weighted by molar-refractivity contribution is -0.158. The number of amides is 3. The summed E-state index contributed by atoms with van der Waals surface area (Å²) in [5.41, 5.74) is 2.50. The second kappa shape index (κ2) is 9.93. The van der Waals surface area contributed by atoms with Gasteiger partial charge in [0.05, 0.1) is 0 Å². The molecule has 5 rings (SSSR count). The summed E-state index contributed by atoms with van der Waals surface area (Å²) in [5, 5.41) is 6.94. The van der Waals surface area contributed by atoms with E-state index >= 15 is 0 Å². The maximum absolute atomic E-state index is 14.4. The highest BCUT2D eigenvalue weighted by Crippen LogP contribution is 2.37. The Morgan fingerprint density at radius 2 is 1.68 bits per heavy atom. The van der Waals surface area contributed by atoms with Crippen LogP contribution in [0, 0.1) is 11.8 Å². The van der Waals surface area contributed by atoms with Gasteiger partial charge in [0.1, 0.15) is 23.4 Å².